The Hall–Kier alpha value is -2.37. The van der Waals surface area contributed by atoms with Gasteiger partial charge in [-0.15, -0.1) is 0 Å². The highest BCUT2D eigenvalue weighted by Gasteiger charge is 2.22. The van der Waals surface area contributed by atoms with E-state index in [1.54, 1.807) is 6.07 Å². The number of amides is 1. The van der Waals surface area contributed by atoms with Crippen LogP contribution in [0.4, 0.5) is 4.39 Å². The van der Waals surface area contributed by atoms with Gasteiger partial charge in [0.25, 0.3) is 5.91 Å². The van der Waals surface area contributed by atoms with Crippen molar-refractivity contribution in [3.05, 3.63) is 35.8 Å². The molecule has 1 unspecified atom stereocenters. The van der Waals surface area contributed by atoms with E-state index in [0.29, 0.717) is 17.3 Å². The highest BCUT2D eigenvalue weighted by molar-refractivity contribution is 5.99. The average Bonchev–Trinajstić information content (AvgIpc) is 2.82. The summed E-state index contributed by atoms with van der Waals surface area (Å²) in [7, 11) is 0. The number of carbonyl (C=O) groups excluding carboxylic acids is 1. The van der Waals surface area contributed by atoms with Gasteiger partial charge < -0.3 is 15.4 Å². The van der Waals surface area contributed by atoms with Crippen LogP contribution in [-0.4, -0.2) is 28.0 Å². The lowest BCUT2D eigenvalue weighted by Crippen LogP contribution is -2.41. The van der Waals surface area contributed by atoms with Gasteiger partial charge in [0.2, 0.25) is 0 Å². The van der Waals surface area contributed by atoms with Crippen LogP contribution < -0.4 is 5.32 Å². The number of benzene rings is 1. The molecule has 112 valence electrons. The second-order valence-corrected chi connectivity index (χ2v) is 5.38. The van der Waals surface area contributed by atoms with Crippen molar-refractivity contribution in [2.45, 2.75) is 26.3 Å². The van der Waals surface area contributed by atoms with Crippen molar-refractivity contribution in [3.63, 3.8) is 0 Å². The van der Waals surface area contributed by atoms with Crippen LogP contribution in [0.15, 0.2) is 24.3 Å². The molecule has 0 aliphatic carbocycles. The summed E-state index contributed by atoms with van der Waals surface area (Å²) in [6.07, 6.45) is 0.329. The van der Waals surface area contributed by atoms with Crippen molar-refractivity contribution < 1.29 is 19.1 Å². The Morgan fingerprint density at radius 3 is 2.67 bits per heavy atom. The molecule has 1 aromatic carbocycles. The third-order valence-electron chi connectivity index (χ3n) is 3.17. The minimum atomic E-state index is -1.08. The van der Waals surface area contributed by atoms with Gasteiger partial charge in [-0.1, -0.05) is 19.9 Å². The van der Waals surface area contributed by atoms with E-state index in [-0.39, 0.29) is 11.6 Å². The summed E-state index contributed by atoms with van der Waals surface area (Å²) in [6.45, 7) is 3.75. The Balaban J connectivity index is 2.21. The molecule has 1 atom stereocenters. The molecule has 2 aromatic rings. The number of carboxylic acids is 1. The molecule has 0 saturated carbocycles. The first-order valence-electron chi connectivity index (χ1n) is 6.69. The summed E-state index contributed by atoms with van der Waals surface area (Å²) < 4.78 is 13.6. The largest absolute Gasteiger partial charge is 0.480 e. The first kappa shape index (κ1) is 15.0. The fourth-order valence-electron chi connectivity index (χ4n) is 2.17. The lowest BCUT2D eigenvalue weighted by molar-refractivity contribution is -0.139. The number of carboxylic acid groups (broad SMARTS) is 1. The minimum Gasteiger partial charge on any atom is -0.480 e. The normalized spacial score (nSPS) is 12.6. The molecule has 0 radical (unpaired) electrons. The minimum absolute atomic E-state index is 0.131. The summed E-state index contributed by atoms with van der Waals surface area (Å²) in [5, 5.41) is 11.9. The number of aliphatic carboxylic acids is 1. The molecule has 21 heavy (non-hydrogen) atoms. The van der Waals surface area contributed by atoms with Crippen LogP contribution in [0.5, 0.6) is 0 Å². The topological polar surface area (TPSA) is 82.2 Å². The molecule has 0 aliphatic heterocycles. The summed E-state index contributed by atoms with van der Waals surface area (Å²) in [4.78, 5) is 26.0. The van der Waals surface area contributed by atoms with Gasteiger partial charge in [0, 0.05) is 10.9 Å². The van der Waals surface area contributed by atoms with Crippen LogP contribution in [0.1, 0.15) is 30.8 Å². The third-order valence-corrected chi connectivity index (χ3v) is 3.17. The maximum atomic E-state index is 13.6. The zero-order valence-electron chi connectivity index (χ0n) is 11.8. The maximum Gasteiger partial charge on any atom is 0.326 e. The molecule has 1 amide bonds. The van der Waals surface area contributed by atoms with Crippen molar-refractivity contribution in [2.75, 3.05) is 0 Å². The van der Waals surface area contributed by atoms with E-state index in [1.165, 1.54) is 18.2 Å². The van der Waals surface area contributed by atoms with Crippen molar-refractivity contribution in [3.8, 4) is 0 Å². The maximum absolute atomic E-state index is 13.6. The monoisotopic (exact) mass is 292 g/mol. The molecule has 0 fully saturated rings. The fraction of sp³-hybridized carbons (Fsp3) is 0.333. The molecule has 1 heterocycles. The lowest BCUT2D eigenvalue weighted by atomic mass is 10.0. The summed E-state index contributed by atoms with van der Waals surface area (Å²) >= 11 is 0. The molecule has 3 N–H and O–H groups in total. The van der Waals surface area contributed by atoms with E-state index in [4.69, 9.17) is 5.11 Å². The van der Waals surface area contributed by atoms with Gasteiger partial charge in [-0.25, -0.2) is 9.18 Å². The van der Waals surface area contributed by atoms with Gasteiger partial charge in [0.05, 0.1) is 0 Å². The van der Waals surface area contributed by atoms with Gasteiger partial charge in [0.15, 0.2) is 0 Å². The van der Waals surface area contributed by atoms with Crippen LogP contribution in [0.2, 0.25) is 0 Å². The van der Waals surface area contributed by atoms with Crippen LogP contribution in [0, 0.1) is 11.7 Å². The molecule has 0 bridgehead atoms. The number of aromatic amines is 1. The number of nitrogens with one attached hydrogen (secondary N) is 2. The van der Waals surface area contributed by atoms with Gasteiger partial charge in [-0.2, -0.15) is 0 Å². The second-order valence-electron chi connectivity index (χ2n) is 5.38. The van der Waals surface area contributed by atoms with Crippen molar-refractivity contribution in [1.82, 2.24) is 10.3 Å². The van der Waals surface area contributed by atoms with E-state index in [1.807, 2.05) is 13.8 Å². The molecular weight excluding hydrogens is 275 g/mol. The van der Waals surface area contributed by atoms with E-state index in [9.17, 15) is 14.0 Å². The highest BCUT2D eigenvalue weighted by atomic mass is 19.1. The summed E-state index contributed by atoms with van der Waals surface area (Å²) in [5.74, 6) is -1.94. The van der Waals surface area contributed by atoms with Crippen molar-refractivity contribution in [1.29, 1.82) is 0 Å². The van der Waals surface area contributed by atoms with Crippen molar-refractivity contribution in [2.24, 2.45) is 5.92 Å². The van der Waals surface area contributed by atoms with E-state index < -0.39 is 23.7 Å². The molecule has 5 nitrogen and oxygen atoms in total. The van der Waals surface area contributed by atoms with Crippen LogP contribution in [0.3, 0.4) is 0 Å². The predicted molar refractivity (Wildman–Crippen MR) is 76.6 cm³/mol. The third kappa shape index (κ3) is 3.39. The lowest BCUT2D eigenvalue weighted by Gasteiger charge is -2.15. The van der Waals surface area contributed by atoms with E-state index in [2.05, 4.69) is 10.3 Å². The molecule has 0 aliphatic rings. The number of aromatic nitrogens is 1. The quantitative estimate of drug-likeness (QED) is 0.792. The average molecular weight is 292 g/mol. The van der Waals surface area contributed by atoms with Crippen LogP contribution in [0.25, 0.3) is 10.9 Å². The number of hydrogen-bond donors (Lipinski definition) is 3. The molecular formula is C15H17FN2O3. The summed E-state index contributed by atoms with van der Waals surface area (Å²) in [6, 6.07) is 4.91. The van der Waals surface area contributed by atoms with Gasteiger partial charge >= 0.3 is 5.97 Å². The summed E-state index contributed by atoms with van der Waals surface area (Å²) in [5.41, 5.74) is 0.640. The predicted octanol–water partition coefficient (Wildman–Crippen LogP) is 2.54. The van der Waals surface area contributed by atoms with Gasteiger partial charge in [-0.3, -0.25) is 4.79 Å². The Bertz CT molecular complexity index is 679. The first-order valence-corrected chi connectivity index (χ1v) is 6.69. The Labute approximate surface area is 121 Å². The fourth-order valence-corrected chi connectivity index (χ4v) is 2.17. The number of halogens is 1. The first-order chi connectivity index (χ1) is 9.88. The van der Waals surface area contributed by atoms with Crippen LogP contribution in [-0.2, 0) is 4.79 Å². The van der Waals surface area contributed by atoms with E-state index in [0.717, 1.165) is 0 Å². The number of carbonyl (C=O) groups is 2. The molecule has 0 spiro atoms. The van der Waals surface area contributed by atoms with Crippen LogP contribution >= 0.6 is 0 Å². The van der Waals surface area contributed by atoms with Crippen molar-refractivity contribution >= 4 is 22.8 Å². The van der Waals surface area contributed by atoms with Gasteiger partial charge in [0.1, 0.15) is 17.6 Å². The zero-order valence-corrected chi connectivity index (χ0v) is 11.8. The van der Waals surface area contributed by atoms with E-state index >= 15 is 0 Å². The standard InChI is InChI=1S/C15H17FN2O3/c1-8(2)6-13(15(20)21)18-14(19)12-7-9-10(16)4-3-5-11(9)17-12/h3-5,7-8,13,17H,6H2,1-2H3,(H,18,19)(H,20,21). The SMILES string of the molecule is CC(C)CC(NC(=O)c1cc2c(F)cccc2[nH]1)C(=O)O. The second kappa shape index (κ2) is 5.95. The number of fused-ring (bicyclic) bond motifs is 1. The molecule has 0 saturated heterocycles. The molecule has 1 aromatic heterocycles. The number of rotatable bonds is 5. The molecule has 6 heteroatoms. The van der Waals surface area contributed by atoms with Gasteiger partial charge in [-0.05, 0) is 30.5 Å². The molecule has 2 rings (SSSR count). The zero-order chi connectivity index (χ0) is 15.6. The Morgan fingerprint density at radius 1 is 1.38 bits per heavy atom. The Kier molecular flexibility index (Phi) is 4.26. The number of H-pyrrole nitrogens is 1. The highest BCUT2D eigenvalue weighted by Crippen LogP contribution is 2.18. The Morgan fingerprint density at radius 2 is 2.10 bits per heavy atom. The number of hydrogen-bond acceptors (Lipinski definition) is 2. The smallest absolute Gasteiger partial charge is 0.326 e.